The lowest BCUT2D eigenvalue weighted by Crippen LogP contribution is -2.16. The number of phenols is 1. The van der Waals surface area contributed by atoms with Crippen LogP contribution in [-0.4, -0.2) is 55.4 Å². The Kier molecular flexibility index (Phi) is 24.3. The van der Waals surface area contributed by atoms with Gasteiger partial charge in [-0.15, -0.1) is 0 Å². The highest BCUT2D eigenvalue weighted by Gasteiger charge is 2.27. The largest absolute Gasteiger partial charge is 0.506 e. The smallest absolute Gasteiger partial charge is 0.342 e. The summed E-state index contributed by atoms with van der Waals surface area (Å²) in [6.07, 6.45) is 14.6. The van der Waals surface area contributed by atoms with E-state index in [9.17, 15) is 24.3 Å². The van der Waals surface area contributed by atoms with Gasteiger partial charge in [-0.2, -0.15) is 0 Å². The summed E-state index contributed by atoms with van der Waals surface area (Å²) in [6, 6.07) is 28.2. The summed E-state index contributed by atoms with van der Waals surface area (Å²) in [5.74, 6) is -3.46. The molecule has 0 radical (unpaired) electrons. The van der Waals surface area contributed by atoms with Gasteiger partial charge < -0.3 is 24.1 Å². The molecule has 1 N–H and O–H groups in total. The molecule has 330 valence electrons. The molecule has 0 fully saturated rings. The maximum absolute atomic E-state index is 13.5. The highest BCUT2D eigenvalue weighted by atomic mass is 16.5. The van der Waals surface area contributed by atoms with Gasteiger partial charge in [0.2, 0.25) is 0 Å². The summed E-state index contributed by atoms with van der Waals surface area (Å²) >= 11 is 0. The van der Waals surface area contributed by atoms with Gasteiger partial charge in [0.25, 0.3) is 0 Å². The molecule has 0 amide bonds. The van der Waals surface area contributed by atoms with Crippen LogP contribution in [0.25, 0.3) is 22.3 Å². The molecule has 0 spiro atoms. The van der Waals surface area contributed by atoms with Crippen molar-refractivity contribution in [2.24, 2.45) is 0 Å². The van der Waals surface area contributed by atoms with E-state index in [0.29, 0.717) is 31.2 Å². The predicted molar refractivity (Wildman–Crippen MR) is 243 cm³/mol. The van der Waals surface area contributed by atoms with E-state index in [2.05, 4.69) is 76.2 Å². The second kappa shape index (κ2) is 29.7. The molecule has 0 unspecified atom stereocenters. The van der Waals surface area contributed by atoms with Crippen LogP contribution in [0, 0.1) is 0 Å². The Morgan fingerprint density at radius 3 is 1.20 bits per heavy atom. The molecule has 0 aliphatic rings. The van der Waals surface area contributed by atoms with Gasteiger partial charge in [0.15, 0.2) is 0 Å². The fourth-order valence-corrected chi connectivity index (χ4v) is 6.60. The summed E-state index contributed by atoms with van der Waals surface area (Å²) in [7, 11) is 0. The van der Waals surface area contributed by atoms with Crippen LogP contribution < -0.4 is 0 Å². The Balaban J connectivity index is 0.000000698. The molecule has 4 aromatic carbocycles. The first-order chi connectivity index (χ1) is 29.8. The highest BCUT2D eigenvalue weighted by molar-refractivity contribution is 6.07. The topological polar surface area (TPSA) is 125 Å². The number of benzene rings is 4. The Morgan fingerprint density at radius 2 is 0.770 bits per heavy atom. The number of rotatable bonds is 26. The van der Waals surface area contributed by atoms with Gasteiger partial charge >= 0.3 is 23.9 Å². The number of esters is 4. The third-order valence-electron chi connectivity index (χ3n) is 10.2. The molecule has 4 rings (SSSR count). The Hall–Kier alpha value is -5.44. The molecule has 9 heteroatoms. The summed E-state index contributed by atoms with van der Waals surface area (Å²) in [6.45, 7) is 9.12. The molecule has 9 nitrogen and oxygen atoms in total. The molecule has 0 aliphatic heterocycles. The molecule has 0 bridgehead atoms. The maximum Gasteiger partial charge on any atom is 0.342 e. The van der Waals surface area contributed by atoms with Crippen LogP contribution in [-0.2, 0) is 18.9 Å². The van der Waals surface area contributed by atoms with Crippen LogP contribution in [0.4, 0.5) is 0 Å². The van der Waals surface area contributed by atoms with E-state index in [-0.39, 0.29) is 54.2 Å². The Labute approximate surface area is 364 Å². The highest BCUT2D eigenvalue weighted by Crippen LogP contribution is 2.36. The number of hydrogen-bond acceptors (Lipinski definition) is 9. The van der Waals surface area contributed by atoms with Gasteiger partial charge in [0, 0.05) is 5.56 Å². The molecule has 0 heterocycles. The van der Waals surface area contributed by atoms with Crippen LogP contribution >= 0.6 is 0 Å². The summed E-state index contributed by atoms with van der Waals surface area (Å²) < 4.78 is 22.0. The fourth-order valence-electron chi connectivity index (χ4n) is 6.60. The van der Waals surface area contributed by atoms with Gasteiger partial charge in [-0.3, -0.25) is 0 Å². The zero-order chi connectivity index (χ0) is 44.1. The van der Waals surface area contributed by atoms with Crippen molar-refractivity contribution in [2.45, 2.75) is 130 Å². The Bertz CT molecular complexity index is 1850. The lowest BCUT2D eigenvalue weighted by molar-refractivity contribution is 0.0450. The molecule has 0 saturated heterocycles. The lowest BCUT2D eigenvalue weighted by Gasteiger charge is -2.16. The number of phenolic OH excluding ortho intramolecular Hbond substituents is 1. The van der Waals surface area contributed by atoms with Crippen LogP contribution in [0.1, 0.15) is 172 Å². The van der Waals surface area contributed by atoms with Crippen LogP contribution in [0.2, 0.25) is 0 Å². The van der Waals surface area contributed by atoms with E-state index < -0.39 is 29.6 Å². The number of ether oxygens (including phenoxy) is 4. The van der Waals surface area contributed by atoms with E-state index in [0.717, 1.165) is 77.0 Å². The quantitative estimate of drug-likeness (QED) is 0.0374. The molecule has 0 aliphatic carbocycles. The van der Waals surface area contributed by atoms with Gasteiger partial charge in [0.1, 0.15) is 16.9 Å². The van der Waals surface area contributed by atoms with Crippen molar-refractivity contribution in [1.82, 2.24) is 0 Å². The van der Waals surface area contributed by atoms with Crippen molar-refractivity contribution in [3.8, 4) is 28.0 Å². The van der Waals surface area contributed by atoms with Crippen molar-refractivity contribution < 1.29 is 43.2 Å². The fraction of sp³-hybridized carbons (Fsp3) is 0.462. The van der Waals surface area contributed by atoms with Crippen molar-refractivity contribution in [3.63, 3.8) is 0 Å². The summed E-state index contributed by atoms with van der Waals surface area (Å²) in [4.78, 5) is 53.0. The third-order valence-corrected chi connectivity index (χ3v) is 10.2. The molecule has 0 saturated carbocycles. The van der Waals surface area contributed by atoms with Gasteiger partial charge in [-0.1, -0.05) is 178 Å². The number of unbranched alkanes of at least 4 members (excludes halogenated alkanes) is 12. The van der Waals surface area contributed by atoms with E-state index >= 15 is 0 Å². The standard InChI is InChI=1S/C40H58O9.C12H10/c1-5-9-13-17-25-46-37(42)32-22-21-30(29-34(32)39(44)48-27-19-15-11-7-3)31-23-24-33(38(43)47-26-18-14-10-6-2)36(41)35(31)40(45)49-28-20-16-12-8-4;1-3-7-11(8-4-1)12-9-5-2-6-10-12/h21-24,29,41H,5-20,25-28H2,1-4H3;1-10H. The van der Waals surface area contributed by atoms with Crippen LogP contribution in [0.15, 0.2) is 91.0 Å². The Morgan fingerprint density at radius 1 is 0.393 bits per heavy atom. The zero-order valence-corrected chi connectivity index (χ0v) is 37.0. The molecule has 0 atom stereocenters. The average molecular weight is 837 g/mol. The summed E-state index contributed by atoms with van der Waals surface area (Å²) in [5.41, 5.74) is 2.78. The minimum Gasteiger partial charge on any atom is -0.506 e. The van der Waals surface area contributed by atoms with Crippen LogP contribution in [0.5, 0.6) is 5.75 Å². The van der Waals surface area contributed by atoms with Crippen molar-refractivity contribution in [1.29, 1.82) is 0 Å². The predicted octanol–water partition coefficient (Wildman–Crippen LogP) is 13.4. The van der Waals surface area contributed by atoms with Gasteiger partial charge in [0.05, 0.1) is 37.6 Å². The molecular weight excluding hydrogens is 769 g/mol. The number of carbonyl (C=O) groups excluding carboxylic acids is 4. The van der Waals surface area contributed by atoms with Crippen molar-refractivity contribution >= 4 is 23.9 Å². The third kappa shape index (κ3) is 17.6. The first-order valence-corrected chi connectivity index (χ1v) is 22.6. The number of hydrogen-bond donors (Lipinski definition) is 1. The minimum atomic E-state index is -0.808. The van der Waals surface area contributed by atoms with E-state index in [4.69, 9.17) is 18.9 Å². The number of carbonyl (C=O) groups is 4. The molecule has 0 aromatic heterocycles. The van der Waals surface area contributed by atoms with Crippen molar-refractivity contribution in [3.05, 3.63) is 113 Å². The monoisotopic (exact) mass is 836 g/mol. The maximum atomic E-state index is 13.5. The zero-order valence-electron chi connectivity index (χ0n) is 37.0. The van der Waals surface area contributed by atoms with Crippen LogP contribution in [0.3, 0.4) is 0 Å². The first-order valence-electron chi connectivity index (χ1n) is 22.6. The van der Waals surface area contributed by atoms with E-state index in [1.165, 1.54) is 35.4 Å². The first kappa shape index (κ1) is 49.9. The normalized spacial score (nSPS) is 10.6. The van der Waals surface area contributed by atoms with Crippen molar-refractivity contribution in [2.75, 3.05) is 26.4 Å². The van der Waals surface area contributed by atoms with E-state index in [1.807, 2.05) is 12.1 Å². The van der Waals surface area contributed by atoms with E-state index in [1.54, 1.807) is 6.07 Å². The average Bonchev–Trinajstić information content (AvgIpc) is 3.29. The lowest BCUT2D eigenvalue weighted by atomic mass is 9.93. The molecular formula is C52H68O9. The minimum absolute atomic E-state index is 0.0134. The second-order valence-corrected chi connectivity index (χ2v) is 15.2. The van der Waals surface area contributed by atoms with Gasteiger partial charge in [-0.05, 0) is 60.6 Å². The molecule has 4 aromatic rings. The molecule has 61 heavy (non-hydrogen) atoms. The van der Waals surface area contributed by atoms with Gasteiger partial charge in [-0.25, -0.2) is 19.2 Å². The SMILES string of the molecule is CCCCCCOC(=O)c1ccc(-c2ccc(C(=O)OCCCCCC)c(O)c2C(=O)OCCCCCC)cc1C(=O)OCCCCCC.c1ccc(-c2ccccc2)cc1. The number of aromatic hydroxyl groups is 1. The summed E-state index contributed by atoms with van der Waals surface area (Å²) in [5, 5.41) is 11.4. The second-order valence-electron chi connectivity index (χ2n) is 15.2.